The first-order valence-corrected chi connectivity index (χ1v) is 10.4. The fourth-order valence-corrected chi connectivity index (χ4v) is 2.95. The number of unbranched alkanes of at least 4 members (excludes halogenated alkanes) is 2. The van der Waals surface area contributed by atoms with E-state index >= 15 is 0 Å². The van der Waals surface area contributed by atoms with E-state index in [4.69, 9.17) is 4.74 Å². The number of alkyl halides is 2. The number of aryl methyl sites for hydroxylation is 1. The van der Waals surface area contributed by atoms with Gasteiger partial charge in [-0.2, -0.15) is 0 Å². The highest BCUT2D eigenvalue weighted by molar-refractivity contribution is 5.55. The van der Waals surface area contributed by atoms with Crippen LogP contribution in [-0.4, -0.2) is 28.9 Å². The maximum Gasteiger partial charge on any atom is 0.159 e. The molecule has 154 valence electrons. The highest BCUT2D eigenvalue weighted by Crippen LogP contribution is 2.19. The van der Waals surface area contributed by atoms with Crippen LogP contribution in [0.3, 0.4) is 0 Å². The van der Waals surface area contributed by atoms with Gasteiger partial charge in [-0.1, -0.05) is 57.4 Å². The summed E-state index contributed by atoms with van der Waals surface area (Å²) in [5.41, 5.74) is 2.02. The number of hydrogen-bond donors (Lipinski definition) is 0. The Kier molecular flexibility index (Phi) is 9.87. The smallest absolute Gasteiger partial charge is 0.159 e. The van der Waals surface area contributed by atoms with Gasteiger partial charge in [-0.25, -0.2) is 18.7 Å². The molecule has 0 saturated carbocycles. The molecule has 2 rings (SSSR count). The molecule has 0 aliphatic rings. The molecule has 2 aromatic rings. The SMILES string of the molecule is CCCCC[C@H](F)CCOc1cnc(-c2ccc(CC[C@H](F)CC)cc2)nc1. The molecule has 1 heterocycles. The molecule has 0 aliphatic carbocycles. The van der Waals surface area contributed by atoms with Gasteiger partial charge in [0.05, 0.1) is 19.0 Å². The van der Waals surface area contributed by atoms with Crippen LogP contribution in [0.5, 0.6) is 5.75 Å². The molecule has 0 saturated heterocycles. The van der Waals surface area contributed by atoms with Gasteiger partial charge in [-0.05, 0) is 31.2 Å². The Morgan fingerprint density at radius 1 is 0.893 bits per heavy atom. The largest absolute Gasteiger partial charge is 0.490 e. The third-order valence-electron chi connectivity index (χ3n) is 4.85. The molecule has 0 fully saturated rings. The summed E-state index contributed by atoms with van der Waals surface area (Å²) in [6.07, 6.45) is 7.65. The zero-order valence-corrected chi connectivity index (χ0v) is 17.0. The van der Waals surface area contributed by atoms with Crippen LogP contribution >= 0.6 is 0 Å². The quantitative estimate of drug-likeness (QED) is 0.366. The van der Waals surface area contributed by atoms with E-state index in [-0.39, 0.29) is 0 Å². The normalized spacial score (nSPS) is 13.3. The molecule has 0 bridgehead atoms. The number of ether oxygens (including phenoxy) is 1. The summed E-state index contributed by atoms with van der Waals surface area (Å²) in [6, 6.07) is 7.89. The van der Waals surface area contributed by atoms with Crippen molar-refractivity contribution in [3.8, 4) is 17.1 Å². The van der Waals surface area contributed by atoms with Crippen molar-refractivity contribution in [2.75, 3.05) is 6.61 Å². The second kappa shape index (κ2) is 12.4. The van der Waals surface area contributed by atoms with Gasteiger partial charge in [0.2, 0.25) is 0 Å². The Hall–Kier alpha value is -2.04. The van der Waals surface area contributed by atoms with Crippen molar-refractivity contribution in [1.29, 1.82) is 0 Å². The molecule has 0 amide bonds. The van der Waals surface area contributed by atoms with E-state index in [1.54, 1.807) is 12.4 Å². The lowest BCUT2D eigenvalue weighted by molar-refractivity contribution is 0.222. The van der Waals surface area contributed by atoms with Crippen LogP contribution < -0.4 is 4.74 Å². The van der Waals surface area contributed by atoms with Crippen molar-refractivity contribution < 1.29 is 13.5 Å². The molecule has 0 N–H and O–H groups in total. The molecule has 28 heavy (non-hydrogen) atoms. The predicted octanol–water partition coefficient (Wildman–Crippen LogP) is 6.51. The predicted molar refractivity (Wildman–Crippen MR) is 110 cm³/mol. The van der Waals surface area contributed by atoms with Gasteiger partial charge in [0, 0.05) is 12.0 Å². The average molecular weight is 391 g/mol. The Morgan fingerprint density at radius 2 is 1.61 bits per heavy atom. The van der Waals surface area contributed by atoms with Gasteiger partial charge in [0.15, 0.2) is 11.6 Å². The average Bonchev–Trinajstić information content (AvgIpc) is 2.73. The van der Waals surface area contributed by atoms with Crippen molar-refractivity contribution in [2.45, 2.75) is 77.6 Å². The number of nitrogens with zero attached hydrogens (tertiary/aromatic N) is 2. The lowest BCUT2D eigenvalue weighted by Crippen LogP contribution is -2.08. The molecular weight excluding hydrogens is 358 g/mol. The maximum atomic E-state index is 13.7. The Labute approximate surface area is 167 Å². The van der Waals surface area contributed by atoms with Gasteiger partial charge < -0.3 is 4.74 Å². The van der Waals surface area contributed by atoms with Crippen molar-refractivity contribution >= 4 is 0 Å². The molecule has 0 spiro atoms. The molecular formula is C23H32F2N2O. The fraction of sp³-hybridized carbons (Fsp3) is 0.565. The Bertz CT molecular complexity index is 661. The Morgan fingerprint density at radius 3 is 2.25 bits per heavy atom. The van der Waals surface area contributed by atoms with Crippen LogP contribution in [0.4, 0.5) is 8.78 Å². The van der Waals surface area contributed by atoms with Crippen LogP contribution in [0.15, 0.2) is 36.7 Å². The van der Waals surface area contributed by atoms with Gasteiger partial charge in [0.1, 0.15) is 12.3 Å². The van der Waals surface area contributed by atoms with Crippen molar-refractivity contribution in [1.82, 2.24) is 9.97 Å². The van der Waals surface area contributed by atoms with E-state index in [9.17, 15) is 8.78 Å². The zero-order valence-electron chi connectivity index (χ0n) is 17.0. The van der Waals surface area contributed by atoms with E-state index < -0.39 is 12.3 Å². The monoisotopic (exact) mass is 390 g/mol. The number of halogens is 2. The standard InChI is InChI=1S/C23H32F2N2O/c1-3-5-6-7-21(25)14-15-28-22-16-26-23(27-17-22)19-11-8-18(9-12-19)10-13-20(24)4-2/h8-9,11-12,16-17,20-21H,3-7,10,13-15H2,1-2H3/t20-,21+/m1/s1. The number of benzene rings is 1. The Balaban J connectivity index is 1.78. The summed E-state index contributed by atoms with van der Waals surface area (Å²) in [4.78, 5) is 8.67. The molecule has 2 atom stereocenters. The molecule has 0 unspecified atom stereocenters. The maximum absolute atomic E-state index is 13.7. The van der Waals surface area contributed by atoms with Crippen molar-refractivity contribution in [3.05, 3.63) is 42.2 Å². The molecule has 0 radical (unpaired) electrons. The third-order valence-corrected chi connectivity index (χ3v) is 4.85. The highest BCUT2D eigenvalue weighted by Gasteiger charge is 2.08. The fourth-order valence-electron chi connectivity index (χ4n) is 2.95. The van der Waals surface area contributed by atoms with Crippen LogP contribution in [0.2, 0.25) is 0 Å². The van der Waals surface area contributed by atoms with Crippen LogP contribution in [-0.2, 0) is 6.42 Å². The second-order valence-electron chi connectivity index (χ2n) is 7.21. The van der Waals surface area contributed by atoms with Crippen LogP contribution in [0.25, 0.3) is 11.4 Å². The summed E-state index contributed by atoms with van der Waals surface area (Å²) < 4.78 is 32.6. The second-order valence-corrected chi connectivity index (χ2v) is 7.21. The van der Waals surface area contributed by atoms with Gasteiger partial charge in [0.25, 0.3) is 0 Å². The zero-order chi connectivity index (χ0) is 20.2. The lowest BCUT2D eigenvalue weighted by atomic mass is 10.0. The topological polar surface area (TPSA) is 35.0 Å². The van der Waals surface area contributed by atoms with E-state index in [0.717, 1.165) is 36.8 Å². The summed E-state index contributed by atoms with van der Waals surface area (Å²) in [7, 11) is 0. The molecule has 0 aliphatic heterocycles. The van der Waals surface area contributed by atoms with Gasteiger partial charge >= 0.3 is 0 Å². The van der Waals surface area contributed by atoms with E-state index in [1.165, 1.54) is 0 Å². The summed E-state index contributed by atoms with van der Waals surface area (Å²) >= 11 is 0. The van der Waals surface area contributed by atoms with E-state index in [0.29, 0.717) is 43.9 Å². The summed E-state index contributed by atoms with van der Waals surface area (Å²) in [5.74, 6) is 1.16. The van der Waals surface area contributed by atoms with E-state index in [2.05, 4.69) is 16.9 Å². The minimum absolute atomic E-state index is 0.331. The minimum Gasteiger partial charge on any atom is -0.490 e. The molecule has 1 aromatic heterocycles. The lowest BCUT2D eigenvalue weighted by Gasteiger charge is -2.10. The molecule has 1 aromatic carbocycles. The van der Waals surface area contributed by atoms with Gasteiger partial charge in [-0.15, -0.1) is 0 Å². The summed E-state index contributed by atoms with van der Waals surface area (Å²) in [6.45, 7) is 4.31. The van der Waals surface area contributed by atoms with Crippen LogP contribution in [0, 0.1) is 0 Å². The third kappa shape index (κ3) is 7.91. The number of aromatic nitrogens is 2. The van der Waals surface area contributed by atoms with Gasteiger partial charge in [-0.3, -0.25) is 0 Å². The minimum atomic E-state index is -0.810. The molecule has 5 heteroatoms. The van der Waals surface area contributed by atoms with Crippen molar-refractivity contribution in [2.24, 2.45) is 0 Å². The number of rotatable bonds is 13. The van der Waals surface area contributed by atoms with Crippen LogP contribution in [0.1, 0.15) is 64.4 Å². The van der Waals surface area contributed by atoms with Crippen molar-refractivity contribution in [3.63, 3.8) is 0 Å². The highest BCUT2D eigenvalue weighted by atomic mass is 19.1. The first kappa shape index (κ1) is 22.3. The molecule has 3 nitrogen and oxygen atoms in total. The van der Waals surface area contributed by atoms with E-state index in [1.807, 2.05) is 31.2 Å². The first-order chi connectivity index (χ1) is 13.6. The number of hydrogen-bond acceptors (Lipinski definition) is 3. The first-order valence-electron chi connectivity index (χ1n) is 10.4. The summed E-state index contributed by atoms with van der Waals surface area (Å²) in [5, 5.41) is 0.